The third-order valence-electron chi connectivity index (χ3n) is 5.13. The highest BCUT2D eigenvalue weighted by Gasteiger charge is 2.22. The van der Waals surface area contributed by atoms with Crippen LogP contribution in [0.3, 0.4) is 0 Å². The van der Waals surface area contributed by atoms with Crippen LogP contribution in [-0.4, -0.2) is 53.5 Å². The van der Waals surface area contributed by atoms with E-state index in [-0.39, 0.29) is 12.5 Å². The molecule has 2 heterocycles. The molecule has 0 N–H and O–H groups in total. The lowest BCUT2D eigenvalue weighted by atomic mass is 10.2. The van der Waals surface area contributed by atoms with Crippen LogP contribution in [0.25, 0.3) is 10.9 Å². The smallest absolute Gasteiger partial charge is 0.260 e. The normalized spacial score (nSPS) is 14.8. The van der Waals surface area contributed by atoms with Gasteiger partial charge in [-0.3, -0.25) is 14.7 Å². The molecule has 156 valence electrons. The van der Waals surface area contributed by atoms with Gasteiger partial charge in [0.25, 0.3) is 5.91 Å². The summed E-state index contributed by atoms with van der Waals surface area (Å²) >= 11 is 10.5. The van der Waals surface area contributed by atoms with Crippen molar-refractivity contribution >= 4 is 73.6 Å². The van der Waals surface area contributed by atoms with Crippen LogP contribution in [0.5, 0.6) is 5.75 Å². The summed E-state index contributed by atoms with van der Waals surface area (Å²) in [5.74, 6) is 0.695. The summed E-state index contributed by atoms with van der Waals surface area (Å²) in [4.78, 5) is 21.4. The van der Waals surface area contributed by atoms with Gasteiger partial charge in [-0.15, -0.1) is 0 Å². The maximum absolute atomic E-state index is 12.7. The van der Waals surface area contributed by atoms with Crippen molar-refractivity contribution in [3.8, 4) is 5.75 Å². The molecule has 0 saturated carbocycles. The summed E-state index contributed by atoms with van der Waals surface area (Å²) in [6, 6.07) is 13.9. The van der Waals surface area contributed by atoms with Crippen molar-refractivity contribution in [3.63, 3.8) is 0 Å². The highest BCUT2D eigenvalue weighted by Crippen LogP contribution is 2.33. The molecule has 8 heteroatoms. The Labute approximate surface area is 208 Å². The summed E-state index contributed by atoms with van der Waals surface area (Å²) in [5, 5.41) is 1.79. The summed E-state index contributed by atoms with van der Waals surface area (Å²) < 4.78 is 8.05. The number of carbonyl (C=O) groups is 1. The minimum absolute atomic E-state index is 0.0135. The van der Waals surface area contributed by atoms with Gasteiger partial charge in [-0.1, -0.05) is 29.8 Å². The highest BCUT2D eigenvalue weighted by atomic mass is 127. The number of benzene rings is 2. The van der Waals surface area contributed by atoms with Crippen molar-refractivity contribution in [2.24, 2.45) is 0 Å². The Balaban J connectivity index is 1.34. The highest BCUT2D eigenvalue weighted by molar-refractivity contribution is 14.1. The molecule has 1 saturated heterocycles. The molecular weight excluding hydrogens is 628 g/mol. The van der Waals surface area contributed by atoms with E-state index in [0.717, 1.165) is 42.7 Å². The van der Waals surface area contributed by atoms with Crippen molar-refractivity contribution < 1.29 is 9.53 Å². The Bertz CT molecular complexity index is 1050. The number of hydrogen-bond acceptors (Lipinski definition) is 4. The molecule has 0 aliphatic carbocycles. The SMILES string of the molecule is O=C(COc1c(I)cc(I)c2cccnc12)N1CCN(Cc2ccc(Cl)cc2)CC1. The Hall–Kier alpha value is -1.17. The number of aromatic nitrogens is 1. The summed E-state index contributed by atoms with van der Waals surface area (Å²) in [6.45, 7) is 4.00. The largest absolute Gasteiger partial charge is 0.480 e. The first kappa shape index (κ1) is 22.0. The van der Waals surface area contributed by atoms with E-state index in [9.17, 15) is 4.79 Å². The molecule has 1 amide bonds. The molecule has 0 bridgehead atoms. The number of ether oxygens (including phenoxy) is 1. The lowest BCUT2D eigenvalue weighted by Gasteiger charge is -2.34. The van der Waals surface area contributed by atoms with Gasteiger partial charge in [0.15, 0.2) is 12.4 Å². The molecule has 0 atom stereocenters. The van der Waals surface area contributed by atoms with Crippen LogP contribution in [0, 0.1) is 7.14 Å². The first-order valence-electron chi connectivity index (χ1n) is 9.61. The van der Waals surface area contributed by atoms with Gasteiger partial charge in [0.05, 0.1) is 3.57 Å². The van der Waals surface area contributed by atoms with E-state index in [1.54, 1.807) is 6.20 Å². The molecular formula is C22H20ClI2N3O2. The maximum Gasteiger partial charge on any atom is 0.260 e. The summed E-state index contributed by atoms with van der Waals surface area (Å²) in [6.07, 6.45) is 1.75. The number of fused-ring (bicyclic) bond motifs is 1. The molecule has 1 aliphatic rings. The molecule has 1 fully saturated rings. The van der Waals surface area contributed by atoms with Gasteiger partial charge < -0.3 is 9.64 Å². The second kappa shape index (κ2) is 9.97. The van der Waals surface area contributed by atoms with Crippen molar-refractivity contribution in [1.82, 2.24) is 14.8 Å². The zero-order chi connectivity index (χ0) is 21.1. The first-order valence-corrected chi connectivity index (χ1v) is 12.1. The standard InChI is InChI=1S/C22H20ClI2N3O2/c23-16-5-3-15(4-6-16)13-27-8-10-28(11-9-27)20(29)14-30-22-19(25)12-18(24)17-2-1-7-26-21(17)22/h1-7,12H,8-11,13-14H2. The van der Waals surface area contributed by atoms with E-state index in [4.69, 9.17) is 16.3 Å². The van der Waals surface area contributed by atoms with Crippen molar-refractivity contribution in [3.05, 3.63) is 66.4 Å². The Morgan fingerprint density at radius 1 is 1.07 bits per heavy atom. The van der Waals surface area contributed by atoms with Crippen molar-refractivity contribution in [2.75, 3.05) is 32.8 Å². The van der Waals surface area contributed by atoms with E-state index in [1.165, 1.54) is 5.56 Å². The fourth-order valence-corrected chi connectivity index (χ4v) is 5.70. The molecule has 5 nitrogen and oxygen atoms in total. The summed E-state index contributed by atoms with van der Waals surface area (Å²) in [5.41, 5.74) is 2.03. The number of pyridine rings is 1. The number of carbonyl (C=O) groups excluding carboxylic acids is 1. The Morgan fingerprint density at radius 2 is 1.80 bits per heavy atom. The van der Waals surface area contributed by atoms with Gasteiger partial charge in [-0.2, -0.15) is 0 Å². The second-order valence-electron chi connectivity index (χ2n) is 7.14. The van der Waals surface area contributed by atoms with Crippen LogP contribution in [0.15, 0.2) is 48.7 Å². The number of piperazine rings is 1. The molecule has 0 spiro atoms. The van der Waals surface area contributed by atoms with E-state index in [1.807, 2.05) is 29.2 Å². The van der Waals surface area contributed by atoms with E-state index in [2.05, 4.69) is 73.3 Å². The van der Waals surface area contributed by atoms with Crippen molar-refractivity contribution in [1.29, 1.82) is 0 Å². The molecule has 30 heavy (non-hydrogen) atoms. The van der Waals surface area contributed by atoms with Gasteiger partial charge in [0.1, 0.15) is 5.52 Å². The maximum atomic E-state index is 12.7. The van der Waals surface area contributed by atoms with Crippen LogP contribution in [0.1, 0.15) is 5.56 Å². The molecule has 4 rings (SSSR count). The zero-order valence-electron chi connectivity index (χ0n) is 16.2. The van der Waals surface area contributed by atoms with Gasteiger partial charge in [0.2, 0.25) is 0 Å². The van der Waals surface area contributed by atoms with E-state index in [0.29, 0.717) is 18.8 Å². The van der Waals surface area contributed by atoms with Gasteiger partial charge in [-0.25, -0.2) is 0 Å². The predicted molar refractivity (Wildman–Crippen MR) is 136 cm³/mol. The number of nitrogens with zero attached hydrogens (tertiary/aromatic N) is 3. The Morgan fingerprint density at radius 3 is 2.53 bits per heavy atom. The average molecular weight is 648 g/mol. The van der Waals surface area contributed by atoms with Crippen LogP contribution < -0.4 is 4.74 Å². The lowest BCUT2D eigenvalue weighted by molar-refractivity contribution is -0.135. The molecule has 0 unspecified atom stereocenters. The number of hydrogen-bond donors (Lipinski definition) is 0. The zero-order valence-corrected chi connectivity index (χ0v) is 21.2. The number of amides is 1. The van der Waals surface area contributed by atoms with Gasteiger partial charge >= 0.3 is 0 Å². The van der Waals surface area contributed by atoms with E-state index >= 15 is 0 Å². The van der Waals surface area contributed by atoms with Crippen LogP contribution in [0.2, 0.25) is 5.02 Å². The van der Waals surface area contributed by atoms with E-state index < -0.39 is 0 Å². The Kier molecular flexibility index (Phi) is 7.32. The molecule has 1 aliphatic heterocycles. The minimum atomic E-state index is 0.0135. The molecule has 2 aromatic carbocycles. The number of halogens is 3. The monoisotopic (exact) mass is 647 g/mol. The lowest BCUT2D eigenvalue weighted by Crippen LogP contribution is -2.49. The summed E-state index contributed by atoms with van der Waals surface area (Å²) in [7, 11) is 0. The number of rotatable bonds is 5. The third-order valence-corrected chi connectivity index (χ3v) is 7.08. The third kappa shape index (κ3) is 5.17. The average Bonchev–Trinajstić information content (AvgIpc) is 2.75. The van der Waals surface area contributed by atoms with Crippen LogP contribution >= 0.6 is 56.8 Å². The molecule has 1 aromatic heterocycles. The minimum Gasteiger partial charge on any atom is -0.480 e. The van der Waals surface area contributed by atoms with Crippen LogP contribution in [0.4, 0.5) is 0 Å². The fraction of sp³-hybridized carbons (Fsp3) is 0.273. The van der Waals surface area contributed by atoms with Crippen molar-refractivity contribution in [2.45, 2.75) is 6.54 Å². The predicted octanol–water partition coefficient (Wildman–Crippen LogP) is 4.82. The van der Waals surface area contributed by atoms with Crippen LogP contribution in [-0.2, 0) is 11.3 Å². The van der Waals surface area contributed by atoms with Gasteiger partial charge in [-0.05, 0) is 75.0 Å². The topological polar surface area (TPSA) is 45.7 Å². The first-order chi connectivity index (χ1) is 14.5. The fourth-order valence-electron chi connectivity index (χ4n) is 3.51. The molecule has 3 aromatic rings. The van der Waals surface area contributed by atoms with Gasteiger partial charge in [0, 0.05) is 52.9 Å². The molecule has 0 radical (unpaired) electrons. The second-order valence-corrected chi connectivity index (χ2v) is 9.90. The quantitative estimate of drug-likeness (QED) is 0.373.